The molecule has 1 aromatic carbocycles. The maximum absolute atomic E-state index is 6.39. The van der Waals surface area contributed by atoms with Gasteiger partial charge in [0.2, 0.25) is 0 Å². The lowest BCUT2D eigenvalue weighted by atomic mass is 9.97. The highest BCUT2D eigenvalue weighted by Gasteiger charge is 2.31. The lowest BCUT2D eigenvalue weighted by Gasteiger charge is -2.31. The Kier molecular flexibility index (Phi) is 3.90. The van der Waals surface area contributed by atoms with Crippen molar-refractivity contribution < 1.29 is 4.58 Å². The molecule has 98 valence electrons. The van der Waals surface area contributed by atoms with Crippen molar-refractivity contribution in [1.29, 1.82) is 0 Å². The fraction of sp³-hybridized carbons (Fsp3) is 0.533. The van der Waals surface area contributed by atoms with Crippen LogP contribution in [-0.2, 0) is 6.42 Å². The minimum absolute atomic E-state index is 0.473. The third-order valence-corrected chi connectivity index (χ3v) is 3.86. The normalized spacial score (nSPS) is 18.4. The van der Waals surface area contributed by atoms with Crippen molar-refractivity contribution >= 4 is 11.6 Å². The summed E-state index contributed by atoms with van der Waals surface area (Å²) in [4.78, 5) is 2.30. The quantitative estimate of drug-likeness (QED) is 0.493. The van der Waals surface area contributed by atoms with Gasteiger partial charge in [-0.15, -0.1) is 0 Å². The van der Waals surface area contributed by atoms with E-state index in [0.717, 1.165) is 25.5 Å². The van der Waals surface area contributed by atoms with E-state index in [1.807, 2.05) is 0 Å². The molecule has 0 saturated carbocycles. The topological polar surface area (TPSA) is 32.3 Å². The predicted octanol–water partition coefficient (Wildman–Crippen LogP) is 2.19. The number of rotatable bonds is 2. The number of hydrogen-bond acceptors (Lipinski definition) is 0. The van der Waals surface area contributed by atoms with Crippen molar-refractivity contribution in [3.63, 3.8) is 0 Å². The number of aryl methyl sites for hydroxylation is 1. The minimum atomic E-state index is 0.473. The second-order valence-corrected chi connectivity index (χ2v) is 4.92. The average molecular weight is 246 g/mol. The van der Waals surface area contributed by atoms with Crippen LogP contribution in [0.25, 0.3) is 0 Å². The van der Waals surface area contributed by atoms with Gasteiger partial charge in [0.05, 0.1) is 19.1 Å². The van der Waals surface area contributed by atoms with E-state index in [1.165, 1.54) is 17.7 Å². The van der Waals surface area contributed by atoms with Crippen LogP contribution in [0.15, 0.2) is 24.3 Å². The van der Waals surface area contributed by atoms with Crippen molar-refractivity contribution in [2.75, 3.05) is 18.0 Å². The fourth-order valence-electron chi connectivity index (χ4n) is 2.74. The van der Waals surface area contributed by atoms with E-state index >= 15 is 0 Å². The molecule has 0 amide bonds. The van der Waals surface area contributed by atoms with Crippen molar-refractivity contribution in [2.45, 2.75) is 39.7 Å². The van der Waals surface area contributed by atoms with Gasteiger partial charge >= 0.3 is 5.96 Å². The Hall–Kier alpha value is -1.51. The maximum atomic E-state index is 6.39. The molecule has 1 unspecified atom stereocenters. The van der Waals surface area contributed by atoms with E-state index in [0.29, 0.717) is 6.04 Å². The first-order valence-electron chi connectivity index (χ1n) is 6.93. The SMILES string of the molecule is CC[N+](CC)=C(N)N1c2ccccc2CCC1C. The molecule has 1 aliphatic rings. The number of guanidine groups is 1. The third kappa shape index (κ3) is 2.22. The summed E-state index contributed by atoms with van der Waals surface area (Å²) in [6, 6.07) is 9.07. The summed E-state index contributed by atoms with van der Waals surface area (Å²) < 4.78 is 2.22. The lowest BCUT2D eigenvalue weighted by Crippen LogP contribution is -2.51. The molecule has 18 heavy (non-hydrogen) atoms. The summed E-state index contributed by atoms with van der Waals surface area (Å²) in [6.45, 7) is 8.46. The molecule has 2 N–H and O–H groups in total. The van der Waals surface area contributed by atoms with E-state index in [9.17, 15) is 0 Å². The van der Waals surface area contributed by atoms with Crippen LogP contribution in [0, 0.1) is 0 Å². The minimum Gasteiger partial charge on any atom is -0.290 e. The average Bonchev–Trinajstić information content (AvgIpc) is 2.39. The molecule has 1 aliphatic heterocycles. The van der Waals surface area contributed by atoms with Gasteiger partial charge in [-0.05, 0) is 45.2 Å². The van der Waals surface area contributed by atoms with E-state index in [4.69, 9.17) is 5.73 Å². The highest BCUT2D eigenvalue weighted by molar-refractivity contribution is 5.93. The molecule has 2 rings (SSSR count). The fourth-order valence-corrected chi connectivity index (χ4v) is 2.74. The molecule has 0 bridgehead atoms. The third-order valence-electron chi connectivity index (χ3n) is 3.86. The standard InChI is InChI=1S/C15H23N3/c1-4-17(5-2)15(16)18-12(3)10-11-13-8-6-7-9-14(13)18/h6-9,12,16H,4-5,10-11H2,1-3H3/p+1. The van der Waals surface area contributed by atoms with Crippen LogP contribution in [0.2, 0.25) is 0 Å². The predicted molar refractivity (Wildman–Crippen MR) is 77.2 cm³/mol. The van der Waals surface area contributed by atoms with Gasteiger partial charge in [-0.25, -0.2) is 4.90 Å². The molecule has 0 fully saturated rings. The zero-order chi connectivity index (χ0) is 13.1. The molecular formula is C15H24N3+. The molecule has 3 nitrogen and oxygen atoms in total. The number of para-hydroxylation sites is 1. The van der Waals surface area contributed by atoms with Crippen LogP contribution in [0.4, 0.5) is 5.69 Å². The van der Waals surface area contributed by atoms with Gasteiger partial charge in [0.1, 0.15) is 5.69 Å². The zero-order valence-corrected chi connectivity index (χ0v) is 11.7. The molecule has 0 aromatic heterocycles. The van der Waals surface area contributed by atoms with Gasteiger partial charge in [0.25, 0.3) is 0 Å². The van der Waals surface area contributed by atoms with Crippen molar-refractivity contribution in [3.05, 3.63) is 29.8 Å². The molecule has 0 spiro atoms. The highest BCUT2D eigenvalue weighted by atomic mass is 15.3. The van der Waals surface area contributed by atoms with Crippen molar-refractivity contribution in [1.82, 2.24) is 0 Å². The first-order chi connectivity index (χ1) is 8.69. The first kappa shape index (κ1) is 12.9. The largest absolute Gasteiger partial charge is 0.351 e. The molecule has 0 saturated heterocycles. The molecule has 1 aromatic rings. The summed E-state index contributed by atoms with van der Waals surface area (Å²) >= 11 is 0. The van der Waals surface area contributed by atoms with Gasteiger partial charge in [-0.1, -0.05) is 18.2 Å². The summed E-state index contributed by atoms with van der Waals surface area (Å²) in [5, 5.41) is 0. The van der Waals surface area contributed by atoms with E-state index in [2.05, 4.69) is 54.5 Å². The van der Waals surface area contributed by atoms with Gasteiger partial charge in [0.15, 0.2) is 0 Å². The number of benzene rings is 1. The Morgan fingerprint density at radius 2 is 2.00 bits per heavy atom. The lowest BCUT2D eigenvalue weighted by molar-refractivity contribution is -0.522. The van der Waals surface area contributed by atoms with Crippen LogP contribution in [0.1, 0.15) is 32.8 Å². The molecule has 0 aliphatic carbocycles. The van der Waals surface area contributed by atoms with Crippen LogP contribution in [0.5, 0.6) is 0 Å². The first-order valence-corrected chi connectivity index (χ1v) is 6.93. The highest BCUT2D eigenvalue weighted by Crippen LogP contribution is 2.29. The number of hydrogen-bond donors (Lipinski definition) is 1. The summed E-state index contributed by atoms with van der Waals surface area (Å²) in [5.74, 6) is 0.889. The number of nitrogens with zero attached hydrogens (tertiary/aromatic N) is 2. The van der Waals surface area contributed by atoms with Gasteiger partial charge < -0.3 is 0 Å². The number of fused-ring (bicyclic) bond motifs is 1. The van der Waals surface area contributed by atoms with Gasteiger partial charge in [0, 0.05) is 0 Å². The maximum Gasteiger partial charge on any atom is 0.351 e. The molecule has 1 atom stereocenters. The molecular weight excluding hydrogens is 222 g/mol. The Bertz CT molecular complexity index is 445. The van der Waals surface area contributed by atoms with E-state index < -0.39 is 0 Å². The van der Waals surface area contributed by atoms with Gasteiger partial charge in [-0.2, -0.15) is 0 Å². The van der Waals surface area contributed by atoms with Crippen LogP contribution in [0.3, 0.4) is 0 Å². The number of anilines is 1. The van der Waals surface area contributed by atoms with Crippen molar-refractivity contribution in [2.24, 2.45) is 5.73 Å². The summed E-state index contributed by atoms with van der Waals surface area (Å²) in [5.41, 5.74) is 9.07. The van der Waals surface area contributed by atoms with Crippen LogP contribution >= 0.6 is 0 Å². The Morgan fingerprint density at radius 1 is 1.33 bits per heavy atom. The number of nitrogens with two attached hydrogens (primary N) is 1. The van der Waals surface area contributed by atoms with E-state index in [-0.39, 0.29) is 0 Å². The van der Waals surface area contributed by atoms with Crippen molar-refractivity contribution in [3.8, 4) is 0 Å². The second-order valence-electron chi connectivity index (χ2n) is 4.92. The monoisotopic (exact) mass is 246 g/mol. The Balaban J connectivity index is 2.46. The van der Waals surface area contributed by atoms with Crippen LogP contribution in [-0.4, -0.2) is 29.7 Å². The van der Waals surface area contributed by atoms with E-state index in [1.54, 1.807) is 0 Å². The molecule has 1 heterocycles. The zero-order valence-electron chi connectivity index (χ0n) is 11.7. The summed E-state index contributed by atoms with van der Waals surface area (Å²) in [7, 11) is 0. The second kappa shape index (κ2) is 5.42. The summed E-state index contributed by atoms with van der Waals surface area (Å²) in [6.07, 6.45) is 2.32. The Labute approximate surface area is 110 Å². The molecule has 3 heteroatoms. The smallest absolute Gasteiger partial charge is 0.290 e. The van der Waals surface area contributed by atoms with Crippen LogP contribution < -0.4 is 10.6 Å². The van der Waals surface area contributed by atoms with Gasteiger partial charge in [-0.3, -0.25) is 10.3 Å². The Morgan fingerprint density at radius 3 is 2.67 bits per heavy atom. The molecule has 0 radical (unpaired) electrons.